The summed E-state index contributed by atoms with van der Waals surface area (Å²) in [5.74, 6) is 0. The normalized spacial score (nSPS) is 10.5. The van der Waals surface area contributed by atoms with Crippen LogP contribution in [0.1, 0.15) is 0 Å². The van der Waals surface area contributed by atoms with Gasteiger partial charge in [0.25, 0.3) is 0 Å². The molecule has 1 aromatic heterocycles. The molecule has 0 amide bonds. The molecular weight excluding hydrogens is 218 g/mol. The van der Waals surface area contributed by atoms with E-state index in [0.717, 1.165) is 9.72 Å². The molecule has 1 aromatic carbocycles. The summed E-state index contributed by atoms with van der Waals surface area (Å²) in [5, 5.41) is 19.0. The van der Waals surface area contributed by atoms with Crippen molar-refractivity contribution in [3.05, 3.63) is 30.3 Å². The van der Waals surface area contributed by atoms with Crippen LogP contribution < -0.4 is 4.34 Å². The Hall–Kier alpha value is -0.536. The molecule has 0 bridgehead atoms. The molecule has 2 aromatic rings. The molecule has 0 aliphatic carbocycles. The van der Waals surface area contributed by atoms with Crippen LogP contribution >= 0.6 is 0 Å². The maximum absolute atomic E-state index is 8.93. The van der Waals surface area contributed by atoms with Gasteiger partial charge in [-0.15, -0.1) is 0 Å². The van der Waals surface area contributed by atoms with Gasteiger partial charge in [-0.2, -0.15) is 0 Å². The molecule has 0 aliphatic rings. The Bertz CT molecular complexity index is 364. The Labute approximate surface area is 76.4 Å². The van der Waals surface area contributed by atoms with Crippen molar-refractivity contribution < 1.29 is 10.0 Å². The Morgan fingerprint density at radius 2 is 1.92 bits per heavy atom. The zero-order valence-electron chi connectivity index (χ0n) is 6.27. The van der Waals surface area contributed by atoms with E-state index in [0.29, 0.717) is 0 Å². The number of fused-ring (bicyclic) bond motifs is 1. The second-order valence-corrected chi connectivity index (χ2v) is 4.90. The van der Waals surface area contributed by atoms with Crippen LogP contribution in [-0.4, -0.2) is 31.7 Å². The average Bonchev–Trinajstić information content (AvgIpc) is 2.46. The quantitative estimate of drug-likeness (QED) is 0.647. The van der Waals surface area contributed by atoms with Crippen molar-refractivity contribution in [3.8, 4) is 0 Å². The van der Waals surface area contributed by atoms with Gasteiger partial charge in [0.15, 0.2) is 0 Å². The molecule has 60 valence electrons. The van der Waals surface area contributed by atoms with Crippen LogP contribution in [0.2, 0.25) is 0 Å². The van der Waals surface area contributed by atoms with Crippen molar-refractivity contribution in [2.75, 3.05) is 0 Å². The first-order chi connectivity index (χ1) is 5.77. The predicted octanol–water partition coefficient (Wildman–Crippen LogP) is -0.423. The summed E-state index contributed by atoms with van der Waals surface area (Å²) in [6.07, 6.45) is 0. The molecule has 0 fully saturated rings. The van der Waals surface area contributed by atoms with Crippen molar-refractivity contribution >= 4 is 35.6 Å². The number of hydrogen-bond acceptors (Lipinski definition) is 2. The first kappa shape index (κ1) is 8.08. The van der Waals surface area contributed by atoms with Gasteiger partial charge in [-0.05, 0) is 0 Å². The zero-order valence-corrected chi connectivity index (χ0v) is 7.98. The monoisotopic (exact) mass is 226 g/mol. The molecule has 0 aliphatic heterocycles. The third-order valence-electron chi connectivity index (χ3n) is 1.70. The summed E-state index contributed by atoms with van der Waals surface area (Å²) in [6, 6.07) is 9.81. The summed E-state index contributed by atoms with van der Waals surface area (Å²) in [7, 11) is -1.28. The van der Waals surface area contributed by atoms with Gasteiger partial charge < -0.3 is 0 Å². The van der Waals surface area contributed by atoms with Crippen molar-refractivity contribution in [3.63, 3.8) is 0 Å². The zero-order chi connectivity index (χ0) is 8.55. The van der Waals surface area contributed by atoms with Gasteiger partial charge in [-0.1, -0.05) is 0 Å². The molecular formula is C8H7BO2Se. The van der Waals surface area contributed by atoms with Crippen molar-refractivity contribution in [2.45, 2.75) is 0 Å². The summed E-state index contributed by atoms with van der Waals surface area (Å²) >= 11 is 0.102. The molecule has 2 rings (SSSR count). The van der Waals surface area contributed by atoms with Gasteiger partial charge in [0.05, 0.1) is 0 Å². The fourth-order valence-electron chi connectivity index (χ4n) is 1.13. The first-order valence-corrected chi connectivity index (χ1v) is 5.33. The average molecular weight is 225 g/mol. The van der Waals surface area contributed by atoms with E-state index < -0.39 is 7.12 Å². The fraction of sp³-hybridized carbons (Fsp3) is 0. The van der Waals surface area contributed by atoms with Crippen molar-refractivity contribution in [2.24, 2.45) is 0 Å². The number of rotatable bonds is 1. The van der Waals surface area contributed by atoms with Crippen LogP contribution in [0.25, 0.3) is 9.65 Å². The molecule has 2 nitrogen and oxygen atoms in total. The minimum atomic E-state index is -1.28. The molecule has 0 radical (unpaired) electrons. The van der Waals surface area contributed by atoms with E-state index in [2.05, 4.69) is 0 Å². The topological polar surface area (TPSA) is 40.5 Å². The summed E-state index contributed by atoms with van der Waals surface area (Å²) < 4.78 is 1.97. The number of hydrogen-bond donors (Lipinski definition) is 2. The Kier molecular flexibility index (Phi) is 2.07. The molecule has 0 unspecified atom stereocenters. The predicted molar refractivity (Wildman–Crippen MR) is 50.7 cm³/mol. The SMILES string of the molecule is OB(O)c1cc2ccccc2[se]1. The minimum absolute atomic E-state index is 0.102. The summed E-state index contributed by atoms with van der Waals surface area (Å²) in [5.41, 5.74) is 0. The van der Waals surface area contributed by atoms with E-state index in [4.69, 9.17) is 10.0 Å². The van der Waals surface area contributed by atoms with Gasteiger partial charge in [0.1, 0.15) is 0 Å². The summed E-state index contributed by atoms with van der Waals surface area (Å²) in [4.78, 5) is 0. The van der Waals surface area contributed by atoms with Gasteiger partial charge in [-0.3, -0.25) is 0 Å². The molecule has 0 saturated carbocycles. The molecule has 0 spiro atoms. The van der Waals surface area contributed by atoms with Crippen molar-refractivity contribution in [1.29, 1.82) is 0 Å². The van der Waals surface area contributed by atoms with Gasteiger partial charge >= 0.3 is 76.0 Å². The van der Waals surface area contributed by atoms with E-state index in [9.17, 15) is 0 Å². The van der Waals surface area contributed by atoms with Crippen LogP contribution in [0.5, 0.6) is 0 Å². The molecule has 0 saturated heterocycles. The Morgan fingerprint density at radius 3 is 2.58 bits per heavy atom. The van der Waals surface area contributed by atoms with E-state index in [-0.39, 0.29) is 14.5 Å². The van der Waals surface area contributed by atoms with Crippen LogP contribution in [0.4, 0.5) is 0 Å². The Morgan fingerprint density at radius 1 is 1.17 bits per heavy atom. The third kappa shape index (κ3) is 1.34. The van der Waals surface area contributed by atoms with E-state index in [1.807, 2.05) is 30.3 Å². The van der Waals surface area contributed by atoms with Crippen LogP contribution in [0.15, 0.2) is 30.3 Å². The van der Waals surface area contributed by atoms with E-state index >= 15 is 0 Å². The second kappa shape index (κ2) is 3.07. The van der Waals surface area contributed by atoms with Gasteiger partial charge in [0.2, 0.25) is 0 Å². The van der Waals surface area contributed by atoms with Crippen LogP contribution in [-0.2, 0) is 0 Å². The van der Waals surface area contributed by atoms with E-state index in [1.165, 1.54) is 4.26 Å². The van der Waals surface area contributed by atoms with Crippen LogP contribution in [0.3, 0.4) is 0 Å². The Balaban J connectivity index is 2.62. The van der Waals surface area contributed by atoms with Crippen molar-refractivity contribution in [1.82, 2.24) is 0 Å². The molecule has 1 heterocycles. The molecule has 12 heavy (non-hydrogen) atoms. The summed E-state index contributed by atoms with van der Waals surface area (Å²) in [6.45, 7) is 0. The third-order valence-corrected chi connectivity index (χ3v) is 4.12. The van der Waals surface area contributed by atoms with E-state index in [1.54, 1.807) is 0 Å². The fourth-order valence-corrected chi connectivity index (χ4v) is 3.09. The number of benzene rings is 1. The molecule has 0 atom stereocenters. The first-order valence-electron chi connectivity index (χ1n) is 3.62. The molecule has 4 heteroatoms. The second-order valence-electron chi connectivity index (χ2n) is 2.56. The maximum atomic E-state index is 8.93. The molecule has 2 N–H and O–H groups in total. The van der Waals surface area contributed by atoms with Gasteiger partial charge in [-0.25, -0.2) is 0 Å². The van der Waals surface area contributed by atoms with Crippen LogP contribution in [0, 0.1) is 0 Å². The van der Waals surface area contributed by atoms with Gasteiger partial charge in [0, 0.05) is 0 Å². The standard InChI is InChI=1S/C8H7BO2Se/c10-9(11)8-5-6-3-1-2-4-7(6)12-8/h1-5,10-11H.